The van der Waals surface area contributed by atoms with Gasteiger partial charge in [-0.2, -0.15) is 0 Å². The number of aliphatic hydroxyl groups excluding tert-OH is 1. The maximum absolute atomic E-state index is 9.83. The smallest absolute Gasteiger partial charge is 0.0678 e. The summed E-state index contributed by atoms with van der Waals surface area (Å²) in [5.74, 6) is 0. The quantitative estimate of drug-likeness (QED) is 0.626. The zero-order valence-electron chi connectivity index (χ0n) is 11.5. The van der Waals surface area contributed by atoms with Gasteiger partial charge >= 0.3 is 0 Å². The first-order valence-electron chi connectivity index (χ1n) is 7.07. The fourth-order valence-corrected chi connectivity index (χ4v) is 2.11. The van der Waals surface area contributed by atoms with Crippen molar-refractivity contribution in [3.05, 3.63) is 0 Å². The number of aliphatic hydroxyl groups is 1. The molecule has 0 radical (unpaired) electrons. The first-order chi connectivity index (χ1) is 8.22. The normalized spacial score (nSPS) is 20.6. The molecule has 1 fully saturated rings. The molecule has 0 aromatic heterocycles. The predicted octanol–water partition coefficient (Wildman–Crippen LogP) is 1.07. The van der Waals surface area contributed by atoms with Gasteiger partial charge in [0.15, 0.2) is 0 Å². The molecular weight excluding hydrogens is 214 g/mol. The highest BCUT2D eigenvalue weighted by Gasteiger charge is 2.14. The molecule has 0 bridgehead atoms. The second kappa shape index (κ2) is 8.86. The Kier molecular flexibility index (Phi) is 7.77. The molecule has 1 unspecified atom stereocenters. The van der Waals surface area contributed by atoms with Gasteiger partial charge in [0.25, 0.3) is 0 Å². The minimum Gasteiger partial charge on any atom is -0.392 e. The average Bonchev–Trinajstić information content (AvgIpc) is 2.34. The monoisotopic (exact) mass is 243 g/mol. The largest absolute Gasteiger partial charge is 0.392 e. The van der Waals surface area contributed by atoms with Gasteiger partial charge in [0.2, 0.25) is 0 Å². The van der Waals surface area contributed by atoms with Crippen molar-refractivity contribution in [3.8, 4) is 0 Å². The van der Waals surface area contributed by atoms with E-state index < -0.39 is 0 Å². The molecular formula is C13H29N3O. The number of unbranched alkanes of at least 4 members (excludes halogenated alkanes) is 3. The summed E-state index contributed by atoms with van der Waals surface area (Å²) in [4.78, 5) is 2.33. The predicted molar refractivity (Wildman–Crippen MR) is 71.8 cm³/mol. The van der Waals surface area contributed by atoms with Crippen LogP contribution in [0.4, 0.5) is 0 Å². The third-order valence-corrected chi connectivity index (χ3v) is 3.44. The standard InChI is InChI=1S/C13H29N3O/c1-3-4-5-6-7-13(17)12-14-16-10-8-15(2)9-11-16/h13-14,17H,3-12H2,1-2H3. The van der Waals surface area contributed by atoms with Crippen LogP contribution >= 0.6 is 0 Å². The zero-order valence-corrected chi connectivity index (χ0v) is 11.5. The molecule has 0 aromatic carbocycles. The number of nitrogens with one attached hydrogen (secondary N) is 1. The van der Waals surface area contributed by atoms with E-state index in [1.54, 1.807) is 0 Å². The molecule has 4 heteroatoms. The molecule has 2 N–H and O–H groups in total. The second-order valence-corrected chi connectivity index (χ2v) is 5.16. The van der Waals surface area contributed by atoms with Crippen LogP contribution in [0.25, 0.3) is 0 Å². The summed E-state index contributed by atoms with van der Waals surface area (Å²) in [6.45, 7) is 7.25. The summed E-state index contributed by atoms with van der Waals surface area (Å²) in [7, 11) is 2.15. The topological polar surface area (TPSA) is 38.7 Å². The van der Waals surface area contributed by atoms with Crippen LogP contribution in [0.2, 0.25) is 0 Å². The van der Waals surface area contributed by atoms with Crippen molar-refractivity contribution >= 4 is 0 Å². The number of nitrogens with zero attached hydrogens (tertiary/aromatic N) is 2. The Balaban J connectivity index is 1.97. The molecule has 4 nitrogen and oxygen atoms in total. The molecule has 17 heavy (non-hydrogen) atoms. The lowest BCUT2D eigenvalue weighted by atomic mass is 10.1. The molecule has 0 aromatic rings. The fraction of sp³-hybridized carbons (Fsp3) is 1.00. The van der Waals surface area contributed by atoms with Gasteiger partial charge in [-0.25, -0.2) is 5.01 Å². The van der Waals surface area contributed by atoms with E-state index in [0.29, 0.717) is 6.54 Å². The Bertz CT molecular complexity index is 182. The van der Waals surface area contributed by atoms with Crippen LogP contribution < -0.4 is 5.43 Å². The van der Waals surface area contributed by atoms with Gasteiger partial charge in [0.05, 0.1) is 6.10 Å². The Morgan fingerprint density at radius 1 is 1.12 bits per heavy atom. The summed E-state index contributed by atoms with van der Waals surface area (Å²) in [5, 5.41) is 12.1. The second-order valence-electron chi connectivity index (χ2n) is 5.16. The molecule has 0 aliphatic carbocycles. The number of hydrazine groups is 1. The zero-order chi connectivity index (χ0) is 12.5. The minimum atomic E-state index is -0.188. The van der Waals surface area contributed by atoms with Crippen molar-refractivity contribution in [3.63, 3.8) is 0 Å². The van der Waals surface area contributed by atoms with Crippen LogP contribution in [-0.2, 0) is 0 Å². The van der Waals surface area contributed by atoms with E-state index in [2.05, 4.69) is 29.3 Å². The van der Waals surface area contributed by atoms with Crippen molar-refractivity contribution in [1.29, 1.82) is 0 Å². The Morgan fingerprint density at radius 3 is 2.47 bits per heavy atom. The highest BCUT2D eigenvalue weighted by atomic mass is 16.3. The summed E-state index contributed by atoms with van der Waals surface area (Å²) in [5.41, 5.74) is 3.34. The number of hydrogen-bond acceptors (Lipinski definition) is 4. The van der Waals surface area contributed by atoms with E-state index >= 15 is 0 Å². The molecule has 102 valence electrons. The van der Waals surface area contributed by atoms with E-state index in [0.717, 1.165) is 39.0 Å². The van der Waals surface area contributed by atoms with Gasteiger partial charge in [-0.1, -0.05) is 32.6 Å². The van der Waals surface area contributed by atoms with Gasteiger partial charge in [0, 0.05) is 32.7 Å². The molecule has 1 aliphatic rings. The van der Waals surface area contributed by atoms with Crippen LogP contribution in [0.5, 0.6) is 0 Å². The number of piperazine rings is 1. The SMILES string of the molecule is CCCCCCC(O)CNN1CCN(C)CC1. The first kappa shape index (κ1) is 14.9. The van der Waals surface area contributed by atoms with Crippen LogP contribution in [0.15, 0.2) is 0 Å². The van der Waals surface area contributed by atoms with Crippen LogP contribution in [0, 0.1) is 0 Å². The van der Waals surface area contributed by atoms with E-state index in [4.69, 9.17) is 0 Å². The number of rotatable bonds is 8. The highest BCUT2D eigenvalue weighted by Crippen LogP contribution is 2.05. The lowest BCUT2D eigenvalue weighted by Crippen LogP contribution is -2.52. The van der Waals surface area contributed by atoms with Crippen LogP contribution in [0.3, 0.4) is 0 Å². The summed E-state index contributed by atoms with van der Waals surface area (Å²) >= 11 is 0. The van der Waals surface area contributed by atoms with E-state index in [9.17, 15) is 5.11 Å². The molecule has 1 heterocycles. The Morgan fingerprint density at radius 2 is 1.82 bits per heavy atom. The van der Waals surface area contributed by atoms with E-state index in [1.165, 1.54) is 19.3 Å². The van der Waals surface area contributed by atoms with E-state index in [-0.39, 0.29) is 6.10 Å². The number of likely N-dealkylation sites (N-methyl/N-ethyl adjacent to an activating group) is 1. The first-order valence-corrected chi connectivity index (χ1v) is 7.07. The highest BCUT2D eigenvalue weighted by molar-refractivity contribution is 4.67. The van der Waals surface area contributed by atoms with Crippen LogP contribution in [0.1, 0.15) is 39.0 Å². The van der Waals surface area contributed by atoms with Crippen molar-refractivity contribution in [2.45, 2.75) is 45.1 Å². The summed E-state index contributed by atoms with van der Waals surface area (Å²) in [6.07, 6.45) is 5.70. The van der Waals surface area contributed by atoms with Gasteiger partial charge < -0.3 is 10.0 Å². The van der Waals surface area contributed by atoms with E-state index in [1.807, 2.05) is 0 Å². The maximum Gasteiger partial charge on any atom is 0.0678 e. The summed E-state index contributed by atoms with van der Waals surface area (Å²) in [6, 6.07) is 0. The Hall–Kier alpha value is -0.160. The molecule has 1 saturated heterocycles. The maximum atomic E-state index is 9.83. The van der Waals surface area contributed by atoms with Gasteiger partial charge in [-0.15, -0.1) is 0 Å². The molecule has 1 aliphatic heterocycles. The van der Waals surface area contributed by atoms with Crippen molar-refractivity contribution in [2.24, 2.45) is 0 Å². The van der Waals surface area contributed by atoms with Gasteiger partial charge in [-0.05, 0) is 13.5 Å². The molecule has 0 saturated carbocycles. The van der Waals surface area contributed by atoms with Crippen LogP contribution in [-0.4, -0.2) is 60.9 Å². The molecule has 1 rings (SSSR count). The Labute approximate surface area is 106 Å². The van der Waals surface area contributed by atoms with Gasteiger partial charge in [-0.3, -0.25) is 5.43 Å². The molecule has 0 amide bonds. The molecule has 0 spiro atoms. The van der Waals surface area contributed by atoms with Crippen molar-refractivity contribution in [2.75, 3.05) is 39.8 Å². The average molecular weight is 243 g/mol. The minimum absolute atomic E-state index is 0.188. The third kappa shape index (κ3) is 6.99. The number of hydrogen-bond donors (Lipinski definition) is 2. The van der Waals surface area contributed by atoms with Crippen molar-refractivity contribution in [1.82, 2.24) is 15.3 Å². The lowest BCUT2D eigenvalue weighted by molar-refractivity contribution is 0.0710. The fourth-order valence-electron chi connectivity index (χ4n) is 2.11. The third-order valence-electron chi connectivity index (χ3n) is 3.44. The lowest BCUT2D eigenvalue weighted by Gasteiger charge is -2.33. The molecule has 1 atom stereocenters. The van der Waals surface area contributed by atoms with Gasteiger partial charge in [0.1, 0.15) is 0 Å². The van der Waals surface area contributed by atoms with Crippen molar-refractivity contribution < 1.29 is 5.11 Å². The summed E-state index contributed by atoms with van der Waals surface area (Å²) < 4.78 is 0.